The molecule has 1 saturated carbocycles. The number of benzene rings is 1. The summed E-state index contributed by atoms with van der Waals surface area (Å²) < 4.78 is 3.55. The normalized spacial score (nSPS) is 19.5. The fraction of sp³-hybridized carbons (Fsp3) is 0.385. The van der Waals surface area contributed by atoms with E-state index in [2.05, 4.69) is 10.3 Å². The summed E-state index contributed by atoms with van der Waals surface area (Å²) in [6, 6.07) is 11.9. The number of anilines is 2. The first-order chi connectivity index (χ1) is 16.4. The van der Waals surface area contributed by atoms with E-state index in [1.165, 1.54) is 5.56 Å². The van der Waals surface area contributed by atoms with Crippen molar-refractivity contribution in [1.29, 1.82) is 0 Å². The van der Waals surface area contributed by atoms with Crippen LogP contribution in [0.2, 0.25) is 0 Å². The molecule has 0 bridgehead atoms. The molecular weight excluding hydrogens is 428 g/mol. The molecule has 0 spiro atoms. The van der Waals surface area contributed by atoms with Gasteiger partial charge < -0.3 is 10.4 Å². The summed E-state index contributed by atoms with van der Waals surface area (Å²) in [4.78, 5) is 27.4. The Bertz CT molecular complexity index is 1450. The van der Waals surface area contributed by atoms with E-state index < -0.39 is 5.60 Å². The first-order valence-electron chi connectivity index (χ1n) is 12.0. The lowest BCUT2D eigenvalue weighted by Gasteiger charge is -2.21. The highest BCUT2D eigenvalue weighted by molar-refractivity contribution is 5.77. The second-order valence-corrected chi connectivity index (χ2v) is 9.63. The van der Waals surface area contributed by atoms with Gasteiger partial charge in [-0.05, 0) is 68.7 Å². The SMILES string of the molecule is CCC1(O)CCc2ccc(-n3c4nc(Nc5ccc(C)cc5)ncc4c(=O)n3CC3CC3)nc21. The van der Waals surface area contributed by atoms with Crippen molar-refractivity contribution in [2.75, 3.05) is 5.32 Å². The predicted molar refractivity (Wildman–Crippen MR) is 131 cm³/mol. The summed E-state index contributed by atoms with van der Waals surface area (Å²) in [5, 5.41) is 14.8. The van der Waals surface area contributed by atoms with Gasteiger partial charge in [0.2, 0.25) is 5.95 Å². The first kappa shape index (κ1) is 21.0. The van der Waals surface area contributed by atoms with E-state index >= 15 is 0 Å². The van der Waals surface area contributed by atoms with Crippen LogP contribution in [0.3, 0.4) is 0 Å². The van der Waals surface area contributed by atoms with E-state index in [-0.39, 0.29) is 5.56 Å². The maximum absolute atomic E-state index is 13.4. The molecule has 1 fully saturated rings. The summed E-state index contributed by atoms with van der Waals surface area (Å²) in [6.45, 7) is 4.64. The highest BCUT2D eigenvalue weighted by atomic mass is 16.3. The maximum Gasteiger partial charge on any atom is 0.278 e. The molecule has 2 aliphatic carbocycles. The van der Waals surface area contributed by atoms with Crippen molar-refractivity contribution in [3.8, 4) is 5.82 Å². The van der Waals surface area contributed by atoms with Crippen LogP contribution in [0.25, 0.3) is 16.9 Å². The third-order valence-electron chi connectivity index (χ3n) is 7.13. The van der Waals surface area contributed by atoms with Gasteiger partial charge in [-0.15, -0.1) is 0 Å². The molecule has 1 aromatic carbocycles. The van der Waals surface area contributed by atoms with E-state index in [9.17, 15) is 9.90 Å². The molecule has 8 nitrogen and oxygen atoms in total. The molecule has 174 valence electrons. The summed E-state index contributed by atoms with van der Waals surface area (Å²) in [5.74, 6) is 1.50. The number of nitrogens with zero attached hydrogens (tertiary/aromatic N) is 5. The zero-order valence-corrected chi connectivity index (χ0v) is 19.5. The molecule has 0 amide bonds. The minimum absolute atomic E-state index is 0.114. The van der Waals surface area contributed by atoms with Crippen molar-refractivity contribution in [2.24, 2.45) is 5.92 Å². The molecule has 34 heavy (non-hydrogen) atoms. The second-order valence-electron chi connectivity index (χ2n) is 9.63. The zero-order chi connectivity index (χ0) is 23.4. The van der Waals surface area contributed by atoms with Crippen LogP contribution >= 0.6 is 0 Å². The first-order valence-corrected chi connectivity index (χ1v) is 12.0. The average Bonchev–Trinajstić information content (AvgIpc) is 3.55. The molecule has 0 radical (unpaired) electrons. The molecule has 0 saturated heterocycles. The number of hydrogen-bond acceptors (Lipinski definition) is 6. The summed E-state index contributed by atoms with van der Waals surface area (Å²) in [7, 11) is 0. The molecule has 8 heteroatoms. The highest BCUT2D eigenvalue weighted by Crippen LogP contribution is 2.38. The van der Waals surface area contributed by atoms with Gasteiger partial charge >= 0.3 is 0 Å². The van der Waals surface area contributed by atoms with Crippen molar-refractivity contribution in [3.05, 3.63) is 69.8 Å². The molecule has 6 rings (SSSR count). The Kier molecular flexibility index (Phi) is 4.81. The van der Waals surface area contributed by atoms with Crippen molar-refractivity contribution >= 4 is 22.7 Å². The molecular formula is C26H28N6O2. The fourth-order valence-corrected chi connectivity index (χ4v) is 4.80. The van der Waals surface area contributed by atoms with E-state index in [4.69, 9.17) is 9.97 Å². The summed E-state index contributed by atoms with van der Waals surface area (Å²) >= 11 is 0. The van der Waals surface area contributed by atoms with Crippen LogP contribution in [0.4, 0.5) is 11.6 Å². The standard InChI is InChI=1S/C26H28N6O2/c1-3-26(34)13-12-18-8-11-21(29-22(18)26)32-23-20(24(33)31(32)15-17-6-7-17)14-27-25(30-23)28-19-9-4-16(2)5-10-19/h4-5,8-11,14,17,34H,3,6-7,12-13,15H2,1-2H3,(H,27,28,30). The van der Waals surface area contributed by atoms with Crippen LogP contribution in [-0.2, 0) is 18.6 Å². The van der Waals surface area contributed by atoms with Crippen LogP contribution in [0.15, 0.2) is 47.4 Å². The Morgan fingerprint density at radius 1 is 1.15 bits per heavy atom. The van der Waals surface area contributed by atoms with Crippen LogP contribution in [0.1, 0.15) is 49.4 Å². The molecule has 3 heterocycles. The van der Waals surface area contributed by atoms with Gasteiger partial charge in [-0.3, -0.25) is 4.79 Å². The predicted octanol–water partition coefficient (Wildman–Crippen LogP) is 3.98. The summed E-state index contributed by atoms with van der Waals surface area (Å²) in [6.07, 6.45) is 5.91. The van der Waals surface area contributed by atoms with E-state index in [0.717, 1.165) is 30.5 Å². The van der Waals surface area contributed by atoms with Gasteiger partial charge in [0.05, 0.1) is 5.69 Å². The van der Waals surface area contributed by atoms with Gasteiger partial charge in [0.25, 0.3) is 5.56 Å². The maximum atomic E-state index is 13.4. The number of rotatable bonds is 6. The van der Waals surface area contributed by atoms with Crippen LogP contribution in [0, 0.1) is 12.8 Å². The fourth-order valence-electron chi connectivity index (χ4n) is 4.80. The van der Waals surface area contributed by atoms with Crippen molar-refractivity contribution < 1.29 is 5.11 Å². The largest absolute Gasteiger partial charge is 0.384 e. The van der Waals surface area contributed by atoms with Crippen molar-refractivity contribution in [2.45, 2.75) is 58.1 Å². The van der Waals surface area contributed by atoms with Gasteiger partial charge in [-0.2, -0.15) is 4.98 Å². The highest BCUT2D eigenvalue weighted by Gasteiger charge is 2.37. The number of aliphatic hydroxyl groups is 1. The Balaban J connectivity index is 1.51. The molecule has 0 aliphatic heterocycles. The van der Waals surface area contributed by atoms with Crippen LogP contribution in [-0.4, -0.2) is 29.4 Å². The van der Waals surface area contributed by atoms with E-state index in [1.54, 1.807) is 10.9 Å². The number of pyridine rings is 1. The molecule has 2 N–H and O–H groups in total. The van der Waals surface area contributed by atoms with Crippen molar-refractivity contribution in [3.63, 3.8) is 0 Å². The molecule has 4 aromatic rings. The Morgan fingerprint density at radius 2 is 1.94 bits per heavy atom. The van der Waals surface area contributed by atoms with Gasteiger partial charge in [-0.1, -0.05) is 30.7 Å². The lowest BCUT2D eigenvalue weighted by Crippen LogP contribution is -2.26. The van der Waals surface area contributed by atoms with Crippen molar-refractivity contribution in [1.82, 2.24) is 24.3 Å². The van der Waals surface area contributed by atoms with Gasteiger partial charge in [0.15, 0.2) is 11.5 Å². The number of fused-ring (bicyclic) bond motifs is 2. The number of hydrogen-bond donors (Lipinski definition) is 2. The smallest absolute Gasteiger partial charge is 0.278 e. The number of aryl methyl sites for hydroxylation is 2. The summed E-state index contributed by atoms with van der Waals surface area (Å²) in [5.41, 5.74) is 3.30. The van der Waals surface area contributed by atoms with Gasteiger partial charge in [0, 0.05) is 18.4 Å². The minimum Gasteiger partial charge on any atom is -0.384 e. The third kappa shape index (κ3) is 3.49. The lowest BCUT2D eigenvalue weighted by atomic mass is 9.98. The quantitative estimate of drug-likeness (QED) is 0.455. The van der Waals surface area contributed by atoms with E-state index in [1.807, 2.05) is 54.9 Å². The molecule has 3 aromatic heterocycles. The second kappa shape index (κ2) is 7.77. The average molecular weight is 457 g/mol. The molecule has 2 aliphatic rings. The Hall–Kier alpha value is -3.52. The number of aromatic nitrogens is 5. The minimum atomic E-state index is -0.928. The Labute approximate surface area is 197 Å². The van der Waals surface area contributed by atoms with E-state index in [0.29, 0.717) is 53.8 Å². The van der Waals surface area contributed by atoms with Gasteiger partial charge in [0.1, 0.15) is 11.0 Å². The lowest BCUT2D eigenvalue weighted by molar-refractivity contribution is 0.0305. The monoisotopic (exact) mass is 456 g/mol. The van der Waals surface area contributed by atoms with Crippen LogP contribution in [0.5, 0.6) is 0 Å². The zero-order valence-electron chi connectivity index (χ0n) is 19.5. The third-order valence-corrected chi connectivity index (χ3v) is 7.13. The Morgan fingerprint density at radius 3 is 2.68 bits per heavy atom. The topological polar surface area (TPSA) is 97.9 Å². The van der Waals surface area contributed by atoms with Crippen LogP contribution < -0.4 is 10.9 Å². The number of nitrogens with one attached hydrogen (secondary N) is 1. The van der Waals surface area contributed by atoms with Gasteiger partial charge in [-0.25, -0.2) is 19.3 Å². The molecule has 1 atom stereocenters. The molecule has 1 unspecified atom stereocenters.